The molecule has 2 aromatic rings. The maximum absolute atomic E-state index is 13.5. The topological polar surface area (TPSA) is 58.6 Å². The van der Waals surface area contributed by atoms with Gasteiger partial charge in [-0.05, 0) is 41.7 Å². The minimum atomic E-state index is -1.16. The van der Waals surface area contributed by atoms with Crippen LogP contribution in [-0.2, 0) is 20.7 Å². The Morgan fingerprint density at radius 3 is 2.53 bits per heavy atom. The highest BCUT2D eigenvalue weighted by Gasteiger charge is 2.45. The molecule has 0 bridgehead atoms. The summed E-state index contributed by atoms with van der Waals surface area (Å²) < 4.78 is 19.6. The molecule has 1 atom stereocenters. The Labute approximate surface area is 188 Å². The Bertz CT molecular complexity index is 956. The van der Waals surface area contributed by atoms with Gasteiger partial charge in [0.25, 0.3) is 5.91 Å². The van der Waals surface area contributed by atoms with Crippen molar-refractivity contribution in [2.45, 2.75) is 44.1 Å². The van der Waals surface area contributed by atoms with Gasteiger partial charge in [0.1, 0.15) is 5.82 Å². The Balaban J connectivity index is 1.62. The van der Waals surface area contributed by atoms with E-state index in [1.807, 2.05) is 29.2 Å². The summed E-state index contributed by atoms with van der Waals surface area (Å²) in [5.41, 5.74) is 1.57. The molecule has 5 nitrogen and oxygen atoms in total. The number of carbonyl (C=O) groups is 2. The minimum Gasteiger partial charge on any atom is -0.361 e. The van der Waals surface area contributed by atoms with E-state index in [1.54, 1.807) is 19.2 Å². The molecular formula is C26H31FN2O3. The number of nitrogens with zero attached hydrogens (tertiary/aromatic N) is 1. The first-order valence-corrected chi connectivity index (χ1v) is 11.5. The van der Waals surface area contributed by atoms with Gasteiger partial charge >= 0.3 is 0 Å². The van der Waals surface area contributed by atoms with Gasteiger partial charge in [0.15, 0.2) is 5.60 Å². The fraction of sp³-hybridized carbons (Fsp3) is 0.462. The van der Waals surface area contributed by atoms with Crippen LogP contribution >= 0.6 is 0 Å². The summed E-state index contributed by atoms with van der Waals surface area (Å²) in [6.45, 7) is 1.07. The number of nitrogens with one attached hydrogen (secondary N) is 1. The molecule has 170 valence electrons. The Hall–Kier alpha value is -2.73. The zero-order valence-corrected chi connectivity index (χ0v) is 18.6. The van der Waals surface area contributed by atoms with E-state index in [1.165, 1.54) is 18.6 Å². The van der Waals surface area contributed by atoms with Gasteiger partial charge in [0.2, 0.25) is 5.91 Å². The summed E-state index contributed by atoms with van der Waals surface area (Å²) >= 11 is 0. The second-order valence-electron chi connectivity index (χ2n) is 8.86. The van der Waals surface area contributed by atoms with E-state index in [4.69, 9.17) is 4.74 Å². The number of ether oxygens (including phenoxy) is 1. The van der Waals surface area contributed by atoms with E-state index in [-0.39, 0.29) is 30.1 Å². The van der Waals surface area contributed by atoms with E-state index in [9.17, 15) is 14.0 Å². The monoisotopic (exact) mass is 438 g/mol. The number of carbonyl (C=O) groups excluding carboxylic acids is 2. The van der Waals surface area contributed by atoms with Crippen molar-refractivity contribution in [3.05, 3.63) is 59.9 Å². The number of benzene rings is 2. The first-order valence-electron chi connectivity index (χ1n) is 11.5. The van der Waals surface area contributed by atoms with Crippen molar-refractivity contribution >= 4 is 11.8 Å². The van der Waals surface area contributed by atoms with E-state index >= 15 is 0 Å². The highest BCUT2D eigenvalue weighted by Crippen LogP contribution is 2.32. The Morgan fingerprint density at radius 2 is 1.81 bits per heavy atom. The van der Waals surface area contributed by atoms with Crippen LogP contribution in [-0.4, -0.2) is 49.1 Å². The Morgan fingerprint density at radius 1 is 1.09 bits per heavy atom. The van der Waals surface area contributed by atoms with E-state index < -0.39 is 5.60 Å². The van der Waals surface area contributed by atoms with Crippen LogP contribution < -0.4 is 5.32 Å². The third kappa shape index (κ3) is 4.70. The first kappa shape index (κ1) is 22.5. The fourth-order valence-corrected chi connectivity index (χ4v) is 5.03. The summed E-state index contributed by atoms with van der Waals surface area (Å²) in [6, 6.07) is 14.1. The molecule has 0 aromatic heterocycles. The molecule has 0 radical (unpaired) electrons. The number of likely N-dealkylation sites (N-methyl/N-ethyl adjacent to an activating group) is 1. The number of halogens is 1. The molecule has 2 fully saturated rings. The second kappa shape index (κ2) is 9.82. The molecule has 2 aromatic carbocycles. The third-order valence-electron chi connectivity index (χ3n) is 6.74. The summed E-state index contributed by atoms with van der Waals surface area (Å²) in [4.78, 5) is 28.2. The summed E-state index contributed by atoms with van der Waals surface area (Å²) in [6.07, 6.45) is 5.55. The molecule has 1 saturated heterocycles. The van der Waals surface area contributed by atoms with Gasteiger partial charge in [0.05, 0.1) is 13.2 Å². The SMILES string of the molecule is CNC(=O)[C@@]1(Cc2ccccc2-c2ccc(F)cc2)CN(C(=O)C2CCCCC2)CCO1. The highest BCUT2D eigenvalue weighted by molar-refractivity contribution is 5.88. The van der Waals surface area contributed by atoms with Crippen LogP contribution in [0.2, 0.25) is 0 Å². The van der Waals surface area contributed by atoms with Crippen molar-refractivity contribution < 1.29 is 18.7 Å². The van der Waals surface area contributed by atoms with Crippen LogP contribution in [0.3, 0.4) is 0 Å². The lowest BCUT2D eigenvalue weighted by atomic mass is 9.85. The summed E-state index contributed by atoms with van der Waals surface area (Å²) in [7, 11) is 1.60. The van der Waals surface area contributed by atoms with Gasteiger partial charge in [-0.15, -0.1) is 0 Å². The van der Waals surface area contributed by atoms with Crippen molar-refractivity contribution in [2.24, 2.45) is 5.92 Å². The van der Waals surface area contributed by atoms with Crippen molar-refractivity contribution in [3.63, 3.8) is 0 Å². The van der Waals surface area contributed by atoms with Gasteiger partial charge in [-0.3, -0.25) is 9.59 Å². The molecule has 1 aliphatic heterocycles. The predicted octanol–water partition coefficient (Wildman–Crippen LogP) is 3.96. The number of rotatable bonds is 5. The molecule has 1 saturated carbocycles. The van der Waals surface area contributed by atoms with Crippen LogP contribution in [0.1, 0.15) is 37.7 Å². The average Bonchev–Trinajstić information content (AvgIpc) is 2.84. The number of morpholine rings is 1. The van der Waals surface area contributed by atoms with Crippen LogP contribution in [0, 0.1) is 11.7 Å². The van der Waals surface area contributed by atoms with Gasteiger partial charge in [-0.2, -0.15) is 0 Å². The van der Waals surface area contributed by atoms with Crippen molar-refractivity contribution in [1.82, 2.24) is 10.2 Å². The summed E-state index contributed by atoms with van der Waals surface area (Å²) in [5, 5.41) is 2.75. The molecular weight excluding hydrogens is 407 g/mol. The zero-order valence-electron chi connectivity index (χ0n) is 18.6. The van der Waals surface area contributed by atoms with Gasteiger partial charge in [-0.1, -0.05) is 55.7 Å². The molecule has 1 heterocycles. The zero-order chi connectivity index (χ0) is 22.6. The standard InChI is InChI=1S/C26H31FN2O3/c1-28-25(31)26(18-29(15-16-32-26)24(30)20-7-3-2-4-8-20)17-21-9-5-6-10-23(21)19-11-13-22(27)14-12-19/h5-6,9-14,20H,2-4,7-8,15-18H2,1H3,(H,28,31)/t26-/m1/s1. The summed E-state index contributed by atoms with van der Waals surface area (Å²) in [5.74, 6) is -0.322. The van der Waals surface area contributed by atoms with Crippen LogP contribution in [0.15, 0.2) is 48.5 Å². The maximum atomic E-state index is 13.5. The van der Waals surface area contributed by atoms with Crippen molar-refractivity contribution in [2.75, 3.05) is 26.7 Å². The lowest BCUT2D eigenvalue weighted by Crippen LogP contribution is -2.62. The van der Waals surface area contributed by atoms with Crippen molar-refractivity contribution in [1.29, 1.82) is 0 Å². The van der Waals surface area contributed by atoms with Crippen LogP contribution in [0.25, 0.3) is 11.1 Å². The number of hydrogen-bond donors (Lipinski definition) is 1. The van der Waals surface area contributed by atoms with Crippen molar-refractivity contribution in [3.8, 4) is 11.1 Å². The number of amides is 2. The predicted molar refractivity (Wildman–Crippen MR) is 121 cm³/mol. The minimum absolute atomic E-state index is 0.0516. The molecule has 1 N–H and O–H groups in total. The molecule has 32 heavy (non-hydrogen) atoms. The normalized spacial score (nSPS) is 21.9. The van der Waals surface area contributed by atoms with Gasteiger partial charge in [-0.25, -0.2) is 4.39 Å². The molecule has 2 amide bonds. The largest absolute Gasteiger partial charge is 0.361 e. The van der Waals surface area contributed by atoms with E-state index in [2.05, 4.69) is 5.32 Å². The lowest BCUT2D eigenvalue weighted by Gasteiger charge is -2.43. The van der Waals surface area contributed by atoms with E-state index in [0.717, 1.165) is 42.4 Å². The smallest absolute Gasteiger partial charge is 0.254 e. The lowest BCUT2D eigenvalue weighted by molar-refractivity contribution is -0.167. The van der Waals surface area contributed by atoms with Crippen LogP contribution in [0.5, 0.6) is 0 Å². The molecule has 1 aliphatic carbocycles. The van der Waals surface area contributed by atoms with E-state index in [0.29, 0.717) is 19.6 Å². The maximum Gasteiger partial charge on any atom is 0.254 e. The molecule has 6 heteroatoms. The Kier molecular flexibility index (Phi) is 6.89. The quantitative estimate of drug-likeness (QED) is 0.769. The molecule has 0 unspecified atom stereocenters. The molecule has 0 spiro atoms. The highest BCUT2D eigenvalue weighted by atomic mass is 19.1. The first-order chi connectivity index (χ1) is 15.5. The third-order valence-corrected chi connectivity index (χ3v) is 6.74. The van der Waals surface area contributed by atoms with Gasteiger partial charge < -0.3 is 15.0 Å². The fourth-order valence-electron chi connectivity index (χ4n) is 5.03. The van der Waals surface area contributed by atoms with Crippen LogP contribution in [0.4, 0.5) is 4.39 Å². The molecule has 4 rings (SSSR count). The average molecular weight is 439 g/mol. The van der Waals surface area contributed by atoms with Gasteiger partial charge in [0, 0.05) is 25.9 Å². The second-order valence-corrected chi connectivity index (χ2v) is 8.86. The number of hydrogen-bond acceptors (Lipinski definition) is 3. The molecule has 2 aliphatic rings.